The lowest BCUT2D eigenvalue weighted by Gasteiger charge is -2.57. The lowest BCUT2D eigenvalue weighted by molar-refractivity contribution is -0.168. The molecule has 2 saturated carbocycles. The van der Waals surface area contributed by atoms with E-state index in [4.69, 9.17) is 9.15 Å². The zero-order chi connectivity index (χ0) is 22.1. The Morgan fingerprint density at radius 2 is 2.16 bits per heavy atom. The molecule has 1 aliphatic heterocycles. The van der Waals surface area contributed by atoms with E-state index in [0.717, 1.165) is 63.8 Å². The predicted octanol–water partition coefficient (Wildman–Crippen LogP) is 6.05. The van der Waals surface area contributed by atoms with Crippen molar-refractivity contribution in [3.8, 4) is 0 Å². The molecule has 1 aromatic heterocycles. The normalized spacial score (nSPS) is 32.7. The number of allylic oxidation sites excluding steroid dienone is 3. The van der Waals surface area contributed by atoms with E-state index in [2.05, 4.69) is 55.8 Å². The van der Waals surface area contributed by atoms with Crippen molar-refractivity contribution in [2.75, 3.05) is 13.7 Å². The molecule has 0 saturated heterocycles. The van der Waals surface area contributed by atoms with Crippen molar-refractivity contribution < 1.29 is 13.9 Å². The predicted molar refractivity (Wildman–Crippen MR) is 123 cm³/mol. The van der Waals surface area contributed by atoms with Crippen LogP contribution in [0.1, 0.15) is 63.7 Å². The Kier molecular flexibility index (Phi) is 6.18. The molecule has 3 aliphatic rings. The van der Waals surface area contributed by atoms with Crippen LogP contribution in [-0.2, 0) is 22.5 Å². The van der Waals surface area contributed by atoms with Gasteiger partial charge in [0.25, 0.3) is 0 Å². The summed E-state index contributed by atoms with van der Waals surface area (Å²) in [5.74, 6) is 1.81. The van der Waals surface area contributed by atoms with Crippen LogP contribution in [0.5, 0.6) is 0 Å². The fraction of sp³-hybridized carbons (Fsp3) is 0.593. The molecular weight excluding hydrogens is 386 g/mol. The third-order valence-electron chi connectivity index (χ3n) is 8.44. The van der Waals surface area contributed by atoms with Gasteiger partial charge in [-0.1, -0.05) is 37.6 Å². The lowest BCUT2D eigenvalue weighted by atomic mass is 9.46. The molecule has 2 aliphatic carbocycles. The summed E-state index contributed by atoms with van der Waals surface area (Å²) < 4.78 is 11.1. The third kappa shape index (κ3) is 4.02. The third-order valence-corrected chi connectivity index (χ3v) is 8.44. The molecule has 4 atom stereocenters. The molecule has 0 aromatic carbocycles. The number of esters is 1. The van der Waals surface area contributed by atoms with Gasteiger partial charge in [-0.2, -0.15) is 0 Å². The molecule has 31 heavy (non-hydrogen) atoms. The molecule has 0 amide bonds. The van der Waals surface area contributed by atoms with Gasteiger partial charge in [0.2, 0.25) is 0 Å². The summed E-state index contributed by atoms with van der Waals surface area (Å²) in [6.45, 7) is 10.8. The molecular formula is C27H37NO3. The van der Waals surface area contributed by atoms with E-state index in [1.165, 1.54) is 18.2 Å². The van der Waals surface area contributed by atoms with Crippen LogP contribution < -0.4 is 0 Å². The van der Waals surface area contributed by atoms with E-state index >= 15 is 0 Å². The Morgan fingerprint density at radius 3 is 2.90 bits per heavy atom. The van der Waals surface area contributed by atoms with E-state index in [0.29, 0.717) is 11.8 Å². The van der Waals surface area contributed by atoms with Gasteiger partial charge >= 0.3 is 5.97 Å². The van der Waals surface area contributed by atoms with Crippen molar-refractivity contribution in [2.24, 2.45) is 22.7 Å². The van der Waals surface area contributed by atoms with E-state index in [1.54, 1.807) is 0 Å². The van der Waals surface area contributed by atoms with Gasteiger partial charge < -0.3 is 14.1 Å². The molecule has 2 heterocycles. The van der Waals surface area contributed by atoms with Gasteiger partial charge in [0, 0.05) is 6.54 Å². The smallest absolute Gasteiger partial charge is 0.311 e. The summed E-state index contributed by atoms with van der Waals surface area (Å²) in [7, 11) is 1.53. The number of nitrogens with zero attached hydrogens (tertiary/aromatic N) is 1. The molecule has 2 fully saturated rings. The van der Waals surface area contributed by atoms with Crippen molar-refractivity contribution in [2.45, 2.75) is 65.3 Å². The molecule has 4 heteroatoms. The molecule has 0 N–H and O–H groups in total. The first-order chi connectivity index (χ1) is 14.9. The average molecular weight is 424 g/mol. The molecule has 1 aromatic rings. The van der Waals surface area contributed by atoms with Crippen molar-refractivity contribution >= 4 is 5.97 Å². The van der Waals surface area contributed by atoms with Crippen molar-refractivity contribution in [3.05, 3.63) is 60.2 Å². The van der Waals surface area contributed by atoms with Crippen LogP contribution in [0, 0.1) is 22.7 Å². The zero-order valence-corrected chi connectivity index (χ0v) is 19.4. The fourth-order valence-electron chi connectivity index (χ4n) is 6.80. The molecule has 168 valence electrons. The second-order valence-corrected chi connectivity index (χ2v) is 10.2. The first-order valence-corrected chi connectivity index (χ1v) is 11.8. The summed E-state index contributed by atoms with van der Waals surface area (Å²) in [5, 5.41) is 0. The number of rotatable bonds is 6. The monoisotopic (exact) mass is 423 g/mol. The number of carbonyl (C=O) groups excluding carboxylic acids is 1. The minimum Gasteiger partial charge on any atom is -0.469 e. The average Bonchev–Trinajstić information content (AvgIpc) is 3.20. The Bertz CT molecular complexity index is 881. The van der Waals surface area contributed by atoms with Gasteiger partial charge in [-0.15, -0.1) is 0 Å². The van der Waals surface area contributed by atoms with Gasteiger partial charge in [-0.05, 0) is 86.6 Å². The molecule has 4 nitrogen and oxygen atoms in total. The highest BCUT2D eigenvalue weighted by atomic mass is 16.5. The van der Waals surface area contributed by atoms with Gasteiger partial charge in [0.15, 0.2) is 0 Å². The maximum atomic E-state index is 12.8. The summed E-state index contributed by atoms with van der Waals surface area (Å²) in [5.41, 5.74) is 2.38. The molecule has 4 unspecified atom stereocenters. The Balaban J connectivity index is 1.50. The maximum absolute atomic E-state index is 12.8. The van der Waals surface area contributed by atoms with Crippen LogP contribution in [0.25, 0.3) is 0 Å². The minimum atomic E-state index is -0.379. The van der Waals surface area contributed by atoms with Crippen LogP contribution in [0.3, 0.4) is 0 Å². The second-order valence-electron chi connectivity index (χ2n) is 10.2. The molecule has 0 spiro atoms. The molecule has 4 rings (SSSR count). The van der Waals surface area contributed by atoms with E-state index in [1.807, 2.05) is 6.26 Å². The second kappa shape index (κ2) is 8.72. The summed E-state index contributed by atoms with van der Waals surface area (Å²) in [4.78, 5) is 15.0. The van der Waals surface area contributed by atoms with Crippen molar-refractivity contribution in [3.63, 3.8) is 0 Å². The van der Waals surface area contributed by atoms with Crippen LogP contribution in [0.2, 0.25) is 0 Å². The minimum absolute atomic E-state index is 0.0320. The van der Waals surface area contributed by atoms with Crippen LogP contribution in [-0.4, -0.2) is 24.5 Å². The van der Waals surface area contributed by atoms with E-state index in [9.17, 15) is 4.79 Å². The van der Waals surface area contributed by atoms with Gasteiger partial charge in [-0.3, -0.25) is 4.79 Å². The number of ether oxygens (including phenoxy) is 1. The van der Waals surface area contributed by atoms with Crippen LogP contribution in [0.4, 0.5) is 0 Å². The van der Waals surface area contributed by atoms with E-state index < -0.39 is 0 Å². The highest BCUT2D eigenvalue weighted by molar-refractivity contribution is 5.77. The topological polar surface area (TPSA) is 42.7 Å². The Labute approximate surface area is 187 Å². The van der Waals surface area contributed by atoms with Gasteiger partial charge in [0.1, 0.15) is 5.76 Å². The SMILES string of the molecule is C=C1CCC2C(C)(C(=O)OC)CCCC2(C)C1CCc1ccoc1CN1C=CC=CC1. The number of hydrogen-bond acceptors (Lipinski definition) is 4. The van der Waals surface area contributed by atoms with Gasteiger partial charge in [-0.25, -0.2) is 0 Å². The highest BCUT2D eigenvalue weighted by Crippen LogP contribution is 2.62. The first-order valence-electron chi connectivity index (χ1n) is 11.8. The summed E-state index contributed by atoms with van der Waals surface area (Å²) in [6, 6.07) is 2.13. The number of fused-ring (bicyclic) bond motifs is 1. The number of methoxy groups -OCH3 is 1. The number of aryl methyl sites for hydroxylation is 1. The lowest BCUT2D eigenvalue weighted by Crippen LogP contribution is -2.53. The maximum Gasteiger partial charge on any atom is 0.311 e. The van der Waals surface area contributed by atoms with Crippen LogP contribution in [0.15, 0.2) is 53.3 Å². The van der Waals surface area contributed by atoms with Crippen molar-refractivity contribution in [1.82, 2.24) is 4.90 Å². The first kappa shape index (κ1) is 22.0. The van der Waals surface area contributed by atoms with E-state index in [-0.39, 0.29) is 16.8 Å². The molecule has 0 bridgehead atoms. The number of hydrogen-bond donors (Lipinski definition) is 0. The van der Waals surface area contributed by atoms with Crippen molar-refractivity contribution in [1.29, 1.82) is 0 Å². The summed E-state index contributed by atoms with van der Waals surface area (Å²) >= 11 is 0. The molecule has 0 radical (unpaired) electrons. The zero-order valence-electron chi connectivity index (χ0n) is 19.4. The van der Waals surface area contributed by atoms with Gasteiger partial charge in [0.05, 0.1) is 25.3 Å². The number of carbonyl (C=O) groups is 1. The highest BCUT2D eigenvalue weighted by Gasteiger charge is 2.57. The summed E-state index contributed by atoms with van der Waals surface area (Å²) in [6.07, 6.45) is 17.5. The fourth-order valence-corrected chi connectivity index (χ4v) is 6.80. The standard InChI is InChI=1S/C27H37NO3/c1-20-9-12-24-26(2,14-8-15-27(24,3)25(29)30-4)22(20)11-10-21-13-18-31-23(21)19-28-16-6-5-7-17-28/h5-7,13,16,18,22,24H,1,8-12,14-15,17,19H2,2-4H3. The largest absolute Gasteiger partial charge is 0.469 e. The number of furan rings is 1. The Hall–Kier alpha value is -2.23. The Morgan fingerprint density at radius 1 is 1.32 bits per heavy atom. The van der Waals surface area contributed by atoms with Crippen LogP contribution >= 0.6 is 0 Å². The quantitative estimate of drug-likeness (QED) is 0.413.